The number of halogens is 1. The van der Waals surface area contributed by atoms with E-state index in [0.717, 1.165) is 28.9 Å². The van der Waals surface area contributed by atoms with Crippen LogP contribution in [0.4, 0.5) is 5.69 Å². The quantitative estimate of drug-likeness (QED) is 0.852. The molecular weight excluding hydrogens is 318 g/mol. The lowest BCUT2D eigenvalue weighted by Crippen LogP contribution is -2.21. The first-order chi connectivity index (χ1) is 9.69. The van der Waals surface area contributed by atoms with Crippen LogP contribution in [-0.2, 0) is 17.9 Å². The Hall–Kier alpha value is -1.59. The zero-order valence-electron chi connectivity index (χ0n) is 11.4. The van der Waals surface area contributed by atoms with E-state index in [1.807, 2.05) is 47.2 Å². The van der Waals surface area contributed by atoms with Crippen molar-refractivity contribution in [3.8, 4) is 0 Å². The molecule has 2 N–H and O–H groups in total. The Labute approximate surface area is 127 Å². The smallest absolute Gasteiger partial charge is 0.244 e. The molecule has 0 atom stereocenters. The van der Waals surface area contributed by atoms with E-state index in [0.29, 0.717) is 6.54 Å². The molecule has 0 spiro atoms. The highest BCUT2D eigenvalue weighted by Gasteiger charge is 2.06. The molecule has 0 aliphatic rings. The number of rotatable bonds is 6. The lowest BCUT2D eigenvalue weighted by Gasteiger charge is -2.10. The molecule has 0 fully saturated rings. The van der Waals surface area contributed by atoms with Crippen molar-refractivity contribution in [3.63, 3.8) is 0 Å². The summed E-state index contributed by atoms with van der Waals surface area (Å²) in [5, 5.41) is 6.16. The van der Waals surface area contributed by atoms with Crippen molar-refractivity contribution in [2.75, 3.05) is 11.9 Å². The number of benzene rings is 1. The third kappa shape index (κ3) is 4.21. The maximum Gasteiger partial charge on any atom is 0.244 e. The van der Waals surface area contributed by atoms with Gasteiger partial charge in [0.25, 0.3) is 0 Å². The van der Waals surface area contributed by atoms with Gasteiger partial charge in [0.1, 0.15) is 6.54 Å². The van der Waals surface area contributed by atoms with Crippen LogP contribution in [0.3, 0.4) is 0 Å². The summed E-state index contributed by atoms with van der Waals surface area (Å²) in [6.45, 7) is 4.07. The van der Waals surface area contributed by atoms with Gasteiger partial charge in [-0.2, -0.15) is 0 Å². The third-order valence-corrected chi connectivity index (χ3v) is 3.40. The van der Waals surface area contributed by atoms with Crippen LogP contribution in [0.5, 0.6) is 0 Å². The van der Waals surface area contributed by atoms with Gasteiger partial charge in [-0.25, -0.2) is 0 Å². The summed E-state index contributed by atoms with van der Waals surface area (Å²) >= 11 is 3.39. The van der Waals surface area contributed by atoms with Crippen molar-refractivity contribution >= 4 is 27.5 Å². The van der Waals surface area contributed by atoms with Crippen LogP contribution in [-0.4, -0.2) is 17.0 Å². The van der Waals surface area contributed by atoms with Crippen molar-refractivity contribution < 1.29 is 4.79 Å². The summed E-state index contributed by atoms with van der Waals surface area (Å²) in [6.07, 6.45) is 1.92. The third-order valence-electron chi connectivity index (χ3n) is 2.90. The van der Waals surface area contributed by atoms with Gasteiger partial charge in [-0.15, -0.1) is 0 Å². The molecule has 0 saturated heterocycles. The number of aromatic nitrogens is 1. The van der Waals surface area contributed by atoms with E-state index in [1.165, 1.54) is 0 Å². The molecule has 1 amide bonds. The molecule has 4 nitrogen and oxygen atoms in total. The molecule has 1 aromatic carbocycles. The molecule has 0 bridgehead atoms. The number of nitrogens with zero attached hydrogens (tertiary/aromatic N) is 1. The largest absolute Gasteiger partial charge is 0.341 e. The highest BCUT2D eigenvalue weighted by Crippen LogP contribution is 2.15. The van der Waals surface area contributed by atoms with Crippen LogP contribution in [0.2, 0.25) is 0 Å². The highest BCUT2D eigenvalue weighted by atomic mass is 79.9. The summed E-state index contributed by atoms with van der Waals surface area (Å²) in [5.41, 5.74) is 1.90. The Bertz CT molecular complexity index is 580. The number of hydrogen-bond donors (Lipinski definition) is 2. The minimum absolute atomic E-state index is 0.0305. The van der Waals surface area contributed by atoms with Crippen LogP contribution in [0.1, 0.15) is 12.6 Å². The van der Waals surface area contributed by atoms with Crippen molar-refractivity contribution in [1.29, 1.82) is 0 Å². The molecule has 0 radical (unpaired) electrons. The van der Waals surface area contributed by atoms with E-state index >= 15 is 0 Å². The lowest BCUT2D eigenvalue weighted by molar-refractivity contribution is -0.116. The molecule has 0 aliphatic carbocycles. The molecule has 1 aromatic heterocycles. The first-order valence-corrected chi connectivity index (χ1v) is 7.38. The van der Waals surface area contributed by atoms with E-state index < -0.39 is 0 Å². The second-order valence-corrected chi connectivity index (χ2v) is 5.38. The number of nitrogens with one attached hydrogen (secondary N) is 2. The van der Waals surface area contributed by atoms with Crippen molar-refractivity contribution in [2.24, 2.45) is 0 Å². The fourth-order valence-corrected chi connectivity index (χ4v) is 2.34. The molecule has 0 aliphatic heterocycles. The molecule has 2 aromatic rings. The van der Waals surface area contributed by atoms with Crippen molar-refractivity contribution in [2.45, 2.75) is 20.0 Å². The first-order valence-electron chi connectivity index (χ1n) is 6.59. The second-order valence-electron chi connectivity index (χ2n) is 4.47. The van der Waals surface area contributed by atoms with Crippen LogP contribution in [0, 0.1) is 0 Å². The molecular formula is C15H18BrN3O. The maximum atomic E-state index is 12.0. The van der Waals surface area contributed by atoms with Crippen LogP contribution < -0.4 is 10.6 Å². The van der Waals surface area contributed by atoms with E-state index in [1.54, 1.807) is 0 Å². The molecule has 20 heavy (non-hydrogen) atoms. The summed E-state index contributed by atoms with van der Waals surface area (Å²) in [6, 6.07) is 11.6. The molecule has 0 saturated carbocycles. The Morgan fingerprint density at radius 3 is 2.90 bits per heavy atom. The average molecular weight is 336 g/mol. The maximum absolute atomic E-state index is 12.0. The zero-order valence-corrected chi connectivity index (χ0v) is 13.0. The lowest BCUT2D eigenvalue weighted by atomic mass is 10.3. The SMILES string of the molecule is CCNCc1cccn1CC(=O)Nc1cccc(Br)c1. The number of amides is 1. The molecule has 0 unspecified atom stereocenters. The zero-order chi connectivity index (χ0) is 14.4. The number of carbonyl (C=O) groups is 1. The summed E-state index contributed by atoms with van der Waals surface area (Å²) in [7, 11) is 0. The predicted molar refractivity (Wildman–Crippen MR) is 84.6 cm³/mol. The van der Waals surface area contributed by atoms with E-state index in [9.17, 15) is 4.79 Å². The van der Waals surface area contributed by atoms with Crippen LogP contribution >= 0.6 is 15.9 Å². The molecule has 106 valence electrons. The molecule has 5 heteroatoms. The Morgan fingerprint density at radius 2 is 2.15 bits per heavy atom. The summed E-state index contributed by atoms with van der Waals surface area (Å²) in [5.74, 6) is -0.0305. The average Bonchev–Trinajstić information content (AvgIpc) is 2.83. The van der Waals surface area contributed by atoms with E-state index in [4.69, 9.17) is 0 Å². The highest BCUT2D eigenvalue weighted by molar-refractivity contribution is 9.10. The Kier molecular flexibility index (Phi) is 5.38. The van der Waals surface area contributed by atoms with Gasteiger partial charge in [0, 0.05) is 28.6 Å². The molecule has 1 heterocycles. The van der Waals surface area contributed by atoms with Gasteiger partial charge >= 0.3 is 0 Å². The predicted octanol–water partition coefficient (Wildman–Crippen LogP) is 3.00. The van der Waals surface area contributed by atoms with Gasteiger partial charge in [0.2, 0.25) is 5.91 Å². The van der Waals surface area contributed by atoms with Crippen LogP contribution in [0.25, 0.3) is 0 Å². The van der Waals surface area contributed by atoms with E-state index in [2.05, 4.69) is 33.5 Å². The van der Waals surface area contributed by atoms with Gasteiger partial charge in [0.05, 0.1) is 0 Å². The monoisotopic (exact) mass is 335 g/mol. The fraction of sp³-hybridized carbons (Fsp3) is 0.267. The minimum Gasteiger partial charge on any atom is -0.341 e. The standard InChI is InChI=1S/C15H18BrN3O/c1-2-17-10-14-7-4-8-19(14)11-15(20)18-13-6-3-5-12(16)9-13/h3-9,17H,2,10-11H2,1H3,(H,18,20). The number of carbonyl (C=O) groups excluding carboxylic acids is 1. The van der Waals surface area contributed by atoms with Crippen molar-refractivity contribution in [3.05, 3.63) is 52.8 Å². The van der Waals surface area contributed by atoms with E-state index in [-0.39, 0.29) is 5.91 Å². The summed E-state index contributed by atoms with van der Waals surface area (Å²) < 4.78 is 2.90. The molecule has 2 rings (SSSR count). The number of hydrogen-bond acceptors (Lipinski definition) is 2. The normalized spacial score (nSPS) is 10.5. The first kappa shape index (κ1) is 14.8. The van der Waals surface area contributed by atoms with Gasteiger partial charge < -0.3 is 15.2 Å². The van der Waals surface area contributed by atoms with Gasteiger partial charge in [-0.3, -0.25) is 4.79 Å². The Morgan fingerprint density at radius 1 is 1.30 bits per heavy atom. The minimum atomic E-state index is -0.0305. The van der Waals surface area contributed by atoms with Crippen LogP contribution in [0.15, 0.2) is 47.1 Å². The Balaban J connectivity index is 1.96. The van der Waals surface area contributed by atoms with Gasteiger partial charge in [-0.1, -0.05) is 28.9 Å². The fourth-order valence-electron chi connectivity index (χ4n) is 1.94. The van der Waals surface area contributed by atoms with Gasteiger partial charge in [-0.05, 0) is 36.9 Å². The topological polar surface area (TPSA) is 46.1 Å². The second kappa shape index (κ2) is 7.26. The number of anilines is 1. The van der Waals surface area contributed by atoms with Gasteiger partial charge in [0.15, 0.2) is 0 Å². The van der Waals surface area contributed by atoms with Crippen molar-refractivity contribution in [1.82, 2.24) is 9.88 Å². The summed E-state index contributed by atoms with van der Waals surface area (Å²) in [4.78, 5) is 12.0.